The van der Waals surface area contributed by atoms with Gasteiger partial charge in [0.2, 0.25) is 0 Å². The van der Waals surface area contributed by atoms with Crippen molar-refractivity contribution in [2.45, 2.75) is 25.5 Å². The van der Waals surface area contributed by atoms with E-state index in [0.29, 0.717) is 5.02 Å². The van der Waals surface area contributed by atoms with Gasteiger partial charge < -0.3 is 14.7 Å². The second kappa shape index (κ2) is 6.29. The van der Waals surface area contributed by atoms with E-state index in [1.165, 1.54) is 0 Å². The van der Waals surface area contributed by atoms with E-state index in [9.17, 15) is 4.79 Å². The maximum absolute atomic E-state index is 10.7. The van der Waals surface area contributed by atoms with Gasteiger partial charge in [0.15, 0.2) is 0 Å². The number of carboxylic acid groups (broad SMARTS) is 1. The lowest BCUT2D eigenvalue weighted by molar-refractivity contribution is -0.131. The van der Waals surface area contributed by atoms with Gasteiger partial charge in [-0.05, 0) is 37.1 Å². The van der Waals surface area contributed by atoms with Gasteiger partial charge in [0, 0.05) is 30.4 Å². The molecule has 0 saturated carbocycles. The number of carboxylic acids is 1. The molecule has 1 N–H and O–H groups in total. The van der Waals surface area contributed by atoms with Crippen LogP contribution in [0.5, 0.6) is 0 Å². The number of rotatable bonds is 4. The number of ether oxygens (including phenoxy) is 1. The number of hydrogen-bond donors (Lipinski definition) is 1. The molecule has 1 heterocycles. The van der Waals surface area contributed by atoms with Crippen LogP contribution in [-0.2, 0) is 9.53 Å². The van der Waals surface area contributed by atoms with Gasteiger partial charge in [-0.2, -0.15) is 0 Å². The molecule has 1 aliphatic rings. The van der Waals surface area contributed by atoms with Crippen LogP contribution in [0.25, 0.3) is 6.08 Å². The molecule has 2 rings (SSSR count). The lowest BCUT2D eigenvalue weighted by atomic mass is 10.1. The molecule has 0 spiro atoms. The molecule has 2 unspecified atom stereocenters. The fourth-order valence-corrected chi connectivity index (χ4v) is 2.70. The summed E-state index contributed by atoms with van der Waals surface area (Å²) >= 11 is 6.07. The van der Waals surface area contributed by atoms with E-state index in [1.54, 1.807) is 12.1 Å². The highest BCUT2D eigenvalue weighted by molar-refractivity contribution is 6.31. The number of hydrogen-bond acceptors (Lipinski definition) is 3. The average molecular weight is 296 g/mol. The lowest BCUT2D eigenvalue weighted by Crippen LogP contribution is -2.37. The monoisotopic (exact) mass is 295 g/mol. The van der Waals surface area contributed by atoms with E-state index >= 15 is 0 Å². The molecule has 1 fully saturated rings. The van der Waals surface area contributed by atoms with E-state index in [-0.39, 0.29) is 12.1 Å². The van der Waals surface area contributed by atoms with Gasteiger partial charge in [-0.25, -0.2) is 4.79 Å². The molecule has 4 nitrogen and oxygen atoms in total. The zero-order valence-corrected chi connectivity index (χ0v) is 12.3. The van der Waals surface area contributed by atoms with Crippen molar-refractivity contribution in [3.63, 3.8) is 0 Å². The van der Waals surface area contributed by atoms with Crippen LogP contribution in [0, 0.1) is 0 Å². The second-order valence-electron chi connectivity index (χ2n) is 4.92. The molecule has 5 heteroatoms. The Hall–Kier alpha value is -1.52. The van der Waals surface area contributed by atoms with Gasteiger partial charge in [0.05, 0.1) is 12.1 Å². The predicted molar refractivity (Wildman–Crippen MR) is 80.3 cm³/mol. The third kappa shape index (κ3) is 3.32. The van der Waals surface area contributed by atoms with E-state index in [1.807, 2.05) is 26.1 Å². The van der Waals surface area contributed by atoms with Crippen LogP contribution in [0.15, 0.2) is 24.3 Å². The summed E-state index contributed by atoms with van der Waals surface area (Å²) in [5.41, 5.74) is 1.75. The maximum Gasteiger partial charge on any atom is 0.328 e. The molecule has 108 valence electrons. The Morgan fingerprint density at radius 2 is 2.30 bits per heavy atom. The first-order chi connectivity index (χ1) is 9.49. The number of carbonyl (C=O) groups is 1. The van der Waals surface area contributed by atoms with Crippen molar-refractivity contribution in [2.75, 3.05) is 18.6 Å². The molecular weight excluding hydrogens is 278 g/mol. The number of nitrogens with zero attached hydrogens (tertiary/aromatic N) is 1. The minimum Gasteiger partial charge on any atom is -0.478 e. The first-order valence-electron chi connectivity index (χ1n) is 6.54. The van der Waals surface area contributed by atoms with Crippen molar-refractivity contribution in [1.82, 2.24) is 0 Å². The Balaban J connectivity index is 2.33. The van der Waals surface area contributed by atoms with Crippen molar-refractivity contribution in [1.29, 1.82) is 0 Å². The van der Waals surface area contributed by atoms with Crippen LogP contribution < -0.4 is 4.90 Å². The zero-order valence-electron chi connectivity index (χ0n) is 11.5. The van der Waals surface area contributed by atoms with Crippen LogP contribution in [0.2, 0.25) is 5.02 Å². The largest absolute Gasteiger partial charge is 0.478 e. The Bertz CT molecular complexity index is 530. The Morgan fingerprint density at radius 1 is 1.55 bits per heavy atom. The number of aliphatic carboxylic acids is 1. The first-order valence-corrected chi connectivity index (χ1v) is 6.92. The molecule has 0 aromatic heterocycles. The van der Waals surface area contributed by atoms with Crippen LogP contribution in [0.1, 0.15) is 18.9 Å². The average Bonchev–Trinajstić information content (AvgIpc) is 2.82. The Kier molecular flexibility index (Phi) is 4.68. The van der Waals surface area contributed by atoms with Gasteiger partial charge in [-0.15, -0.1) is 0 Å². The minimum atomic E-state index is -0.967. The number of halogens is 1. The smallest absolute Gasteiger partial charge is 0.328 e. The molecular formula is C15H18ClNO3. The van der Waals surface area contributed by atoms with E-state index in [2.05, 4.69) is 4.90 Å². The Morgan fingerprint density at radius 3 is 2.90 bits per heavy atom. The molecule has 20 heavy (non-hydrogen) atoms. The highest BCUT2D eigenvalue weighted by Gasteiger charge is 2.28. The minimum absolute atomic E-state index is 0.148. The van der Waals surface area contributed by atoms with Crippen molar-refractivity contribution < 1.29 is 14.6 Å². The predicted octanol–water partition coefficient (Wildman–Crippen LogP) is 3.05. The second-order valence-corrected chi connectivity index (χ2v) is 5.35. The summed E-state index contributed by atoms with van der Waals surface area (Å²) < 4.78 is 5.59. The summed E-state index contributed by atoms with van der Waals surface area (Å²) in [7, 11) is 1.99. The summed E-state index contributed by atoms with van der Waals surface area (Å²) in [6.45, 7) is 2.79. The normalized spacial score (nSPS) is 22.4. The van der Waals surface area contributed by atoms with Crippen molar-refractivity contribution in [3.05, 3.63) is 34.9 Å². The zero-order chi connectivity index (χ0) is 14.7. The summed E-state index contributed by atoms with van der Waals surface area (Å²) in [5, 5.41) is 9.40. The molecule has 1 aliphatic heterocycles. The summed E-state index contributed by atoms with van der Waals surface area (Å²) in [5.74, 6) is -0.967. The summed E-state index contributed by atoms with van der Waals surface area (Å²) in [4.78, 5) is 12.8. The molecule has 0 bridgehead atoms. The molecule has 0 aliphatic carbocycles. The molecule has 1 aromatic carbocycles. The molecule has 2 atom stereocenters. The summed E-state index contributed by atoms with van der Waals surface area (Å²) in [6, 6.07) is 5.71. The van der Waals surface area contributed by atoms with Gasteiger partial charge >= 0.3 is 5.97 Å². The van der Waals surface area contributed by atoms with Crippen molar-refractivity contribution >= 4 is 29.3 Å². The fourth-order valence-electron chi connectivity index (χ4n) is 2.53. The molecule has 1 aromatic rings. The standard InChI is InChI=1S/C15H18ClNO3/c1-10-13(7-8-20-10)17(2)14-9-12(16)5-3-11(14)4-6-15(18)19/h3-6,9-10,13H,7-8H2,1-2H3,(H,18,19)/b6-4+. The molecule has 1 saturated heterocycles. The van der Waals surface area contributed by atoms with Crippen molar-refractivity contribution in [3.8, 4) is 0 Å². The van der Waals surface area contributed by atoms with Crippen LogP contribution in [-0.4, -0.2) is 36.9 Å². The number of likely N-dealkylation sites (N-methyl/N-ethyl adjacent to an activating group) is 1. The van der Waals surface area contributed by atoms with E-state index < -0.39 is 5.97 Å². The van der Waals surface area contributed by atoms with Gasteiger partial charge in [-0.1, -0.05) is 17.7 Å². The quantitative estimate of drug-likeness (QED) is 0.868. The number of benzene rings is 1. The van der Waals surface area contributed by atoms with E-state index in [0.717, 1.165) is 30.4 Å². The van der Waals surface area contributed by atoms with Crippen molar-refractivity contribution in [2.24, 2.45) is 0 Å². The molecule has 0 radical (unpaired) electrons. The molecule has 0 amide bonds. The lowest BCUT2D eigenvalue weighted by Gasteiger charge is -2.30. The highest BCUT2D eigenvalue weighted by atomic mass is 35.5. The summed E-state index contributed by atoms with van der Waals surface area (Å²) in [6.07, 6.45) is 3.82. The SMILES string of the molecule is CC1OCCC1N(C)c1cc(Cl)ccc1/C=C/C(=O)O. The van der Waals surface area contributed by atoms with E-state index in [4.69, 9.17) is 21.4 Å². The fraction of sp³-hybridized carbons (Fsp3) is 0.400. The van der Waals surface area contributed by atoms with Gasteiger partial charge in [0.1, 0.15) is 0 Å². The van der Waals surface area contributed by atoms with Crippen LogP contribution in [0.3, 0.4) is 0 Å². The topological polar surface area (TPSA) is 49.8 Å². The van der Waals surface area contributed by atoms with Crippen LogP contribution >= 0.6 is 11.6 Å². The third-order valence-electron chi connectivity index (χ3n) is 3.61. The van der Waals surface area contributed by atoms with Gasteiger partial charge in [0.25, 0.3) is 0 Å². The highest BCUT2D eigenvalue weighted by Crippen LogP contribution is 2.30. The third-order valence-corrected chi connectivity index (χ3v) is 3.85. The van der Waals surface area contributed by atoms with Gasteiger partial charge in [-0.3, -0.25) is 0 Å². The van der Waals surface area contributed by atoms with Crippen LogP contribution in [0.4, 0.5) is 5.69 Å². The Labute approximate surface area is 123 Å². The number of anilines is 1. The maximum atomic E-state index is 10.7. The first kappa shape index (κ1) is 14.9.